The molecule has 0 aliphatic heterocycles. The van der Waals surface area contributed by atoms with Crippen molar-refractivity contribution in [3.63, 3.8) is 0 Å². The first-order chi connectivity index (χ1) is 12.1. The molecular weight excluding hydrogens is 381 g/mol. The van der Waals surface area contributed by atoms with Crippen molar-refractivity contribution in [3.8, 4) is 0 Å². The molecule has 1 amide bonds. The average Bonchev–Trinajstić information content (AvgIpc) is 2.60. The molecule has 0 N–H and O–H groups in total. The maximum absolute atomic E-state index is 13.9. The fraction of sp³-hybridized carbons (Fsp3) is 0.533. The zero-order valence-electron chi connectivity index (χ0n) is 14.7. The van der Waals surface area contributed by atoms with Gasteiger partial charge in [0, 0.05) is 26.4 Å². The van der Waals surface area contributed by atoms with Crippen molar-refractivity contribution in [2.24, 2.45) is 0 Å². The van der Waals surface area contributed by atoms with Crippen molar-refractivity contribution in [1.82, 2.24) is 5.12 Å². The Bertz CT molecular complexity index is 643. The van der Waals surface area contributed by atoms with Crippen molar-refractivity contribution >= 4 is 14.7 Å². The van der Waals surface area contributed by atoms with Gasteiger partial charge in [0.2, 0.25) is 0 Å². The van der Waals surface area contributed by atoms with Gasteiger partial charge in [0.05, 0.1) is 12.1 Å². The third kappa shape index (κ3) is 5.22. The van der Waals surface area contributed by atoms with E-state index in [4.69, 9.17) is 13.3 Å². The second-order valence-corrected chi connectivity index (χ2v) is 8.52. The van der Waals surface area contributed by atoms with Gasteiger partial charge in [0.25, 0.3) is 5.91 Å². The lowest BCUT2D eigenvalue weighted by atomic mass is 10.1. The van der Waals surface area contributed by atoms with E-state index in [0.29, 0.717) is 0 Å². The maximum Gasteiger partial charge on any atom is 0.500 e. The molecule has 0 saturated carbocycles. The highest BCUT2D eigenvalue weighted by molar-refractivity contribution is 6.60. The Morgan fingerprint density at radius 1 is 1.12 bits per heavy atom. The molecule has 5 nitrogen and oxygen atoms in total. The first-order valence-corrected chi connectivity index (χ1v) is 9.60. The highest BCUT2D eigenvalue weighted by Crippen LogP contribution is 2.22. The van der Waals surface area contributed by atoms with Gasteiger partial charge in [-0.1, -0.05) is 4.48 Å². The summed E-state index contributed by atoms with van der Waals surface area (Å²) in [5.41, 5.74) is -1.25. The lowest BCUT2D eigenvalue weighted by Gasteiger charge is -2.28. The molecule has 0 heterocycles. The Balaban J connectivity index is 2.80. The van der Waals surface area contributed by atoms with Gasteiger partial charge in [0.1, 0.15) is 0 Å². The second kappa shape index (κ2) is 9.40. The molecule has 1 aromatic rings. The summed E-state index contributed by atoms with van der Waals surface area (Å²) >= 11 is 0. The molecule has 0 saturated heterocycles. The summed E-state index contributed by atoms with van der Waals surface area (Å²) in [5.74, 6) is -9.65. The monoisotopic (exact) mass is 401 g/mol. The van der Waals surface area contributed by atoms with E-state index in [-0.39, 0.29) is 24.6 Å². The van der Waals surface area contributed by atoms with Crippen LogP contribution in [0.5, 0.6) is 0 Å². The largest absolute Gasteiger partial charge is 0.500 e. The normalized spacial score (nSPS) is 11.9. The number of hydrogen-bond acceptors (Lipinski definition) is 4. The molecule has 0 aliphatic carbocycles. The fourth-order valence-corrected chi connectivity index (χ4v) is 4.39. The fourth-order valence-electron chi connectivity index (χ4n) is 2.20. The highest BCUT2D eigenvalue weighted by atomic mass is 28.4. The van der Waals surface area contributed by atoms with E-state index < -0.39 is 55.2 Å². The SMILES string of the molecule is CO[Si](CCCN(F)C(=O)c1cc(F)c(F)c(F)c1F)(OC)OC(C)C. The van der Waals surface area contributed by atoms with E-state index >= 15 is 0 Å². The van der Waals surface area contributed by atoms with Crippen LogP contribution in [0.2, 0.25) is 6.04 Å². The maximum atomic E-state index is 13.9. The Hall–Kier alpha value is -1.56. The van der Waals surface area contributed by atoms with Crippen LogP contribution in [0.4, 0.5) is 22.0 Å². The van der Waals surface area contributed by atoms with Gasteiger partial charge in [-0.05, 0) is 26.3 Å². The van der Waals surface area contributed by atoms with Crippen molar-refractivity contribution in [3.05, 3.63) is 34.9 Å². The van der Waals surface area contributed by atoms with E-state index in [1.54, 1.807) is 13.8 Å². The lowest BCUT2D eigenvalue weighted by molar-refractivity contribution is 0.0171. The smallest absolute Gasteiger partial charge is 0.377 e. The number of amides is 1. The number of halogens is 5. The topological polar surface area (TPSA) is 48.0 Å². The van der Waals surface area contributed by atoms with Crippen LogP contribution in [-0.2, 0) is 13.3 Å². The van der Waals surface area contributed by atoms with Gasteiger partial charge in [-0.3, -0.25) is 4.79 Å². The Kier molecular flexibility index (Phi) is 8.12. The molecule has 0 aromatic heterocycles. The van der Waals surface area contributed by atoms with Crippen molar-refractivity contribution < 1.29 is 40.1 Å². The molecule has 0 fully saturated rings. The van der Waals surface area contributed by atoms with Gasteiger partial charge >= 0.3 is 8.80 Å². The molecule has 11 heteroatoms. The van der Waals surface area contributed by atoms with E-state index in [1.807, 2.05) is 0 Å². The predicted molar refractivity (Wildman–Crippen MR) is 83.8 cm³/mol. The summed E-state index contributed by atoms with van der Waals surface area (Å²) in [5, 5.41) is -0.422. The third-order valence-corrected chi connectivity index (χ3v) is 6.47. The predicted octanol–water partition coefficient (Wildman–Crippen LogP) is 3.62. The zero-order valence-corrected chi connectivity index (χ0v) is 15.7. The summed E-state index contributed by atoms with van der Waals surface area (Å²) in [6.45, 7) is 2.97. The molecule has 0 bridgehead atoms. The minimum atomic E-state index is -3.07. The molecular formula is C15H20F5NO4Si. The Morgan fingerprint density at radius 3 is 2.19 bits per heavy atom. The van der Waals surface area contributed by atoms with Crippen LogP contribution in [0, 0.1) is 23.3 Å². The molecule has 148 valence electrons. The van der Waals surface area contributed by atoms with Crippen LogP contribution in [0.25, 0.3) is 0 Å². The molecule has 0 atom stereocenters. The lowest BCUT2D eigenvalue weighted by Crippen LogP contribution is -2.46. The summed E-state index contributed by atoms with van der Waals surface area (Å²) in [6, 6.07) is 0.244. The van der Waals surface area contributed by atoms with Crippen LogP contribution in [0.1, 0.15) is 30.6 Å². The van der Waals surface area contributed by atoms with Gasteiger partial charge in [-0.2, -0.15) is 5.12 Å². The van der Waals surface area contributed by atoms with Crippen molar-refractivity contribution in [2.75, 3.05) is 20.8 Å². The minimum absolute atomic E-state index is 0.0106. The minimum Gasteiger partial charge on any atom is -0.377 e. The molecule has 1 aromatic carbocycles. The number of benzene rings is 1. The van der Waals surface area contributed by atoms with E-state index in [2.05, 4.69) is 0 Å². The molecule has 1 rings (SSSR count). The van der Waals surface area contributed by atoms with Gasteiger partial charge in [-0.25, -0.2) is 17.6 Å². The van der Waals surface area contributed by atoms with Crippen molar-refractivity contribution in [2.45, 2.75) is 32.4 Å². The molecule has 0 aliphatic rings. The van der Waals surface area contributed by atoms with Crippen LogP contribution in [-0.4, -0.2) is 46.7 Å². The van der Waals surface area contributed by atoms with Crippen LogP contribution >= 0.6 is 0 Å². The quantitative estimate of drug-likeness (QED) is 0.209. The van der Waals surface area contributed by atoms with E-state index in [0.717, 1.165) is 0 Å². The Labute approximate surface area is 148 Å². The summed E-state index contributed by atoms with van der Waals surface area (Å²) in [4.78, 5) is 11.8. The standard InChI is InChI=1S/C15H20F5NO4Si/c1-9(2)25-26(23-3,24-4)7-5-6-21(20)15(22)10-8-11(16)13(18)14(19)12(10)17/h8-9H,5-7H2,1-4H3. The number of nitrogens with zero attached hydrogens (tertiary/aromatic N) is 1. The van der Waals surface area contributed by atoms with Gasteiger partial charge < -0.3 is 13.3 Å². The molecule has 0 spiro atoms. The van der Waals surface area contributed by atoms with Crippen LogP contribution < -0.4 is 0 Å². The number of carbonyl (C=O) groups is 1. The summed E-state index contributed by atoms with van der Waals surface area (Å²) in [7, 11) is -0.330. The van der Waals surface area contributed by atoms with Gasteiger partial charge in [0.15, 0.2) is 23.3 Å². The summed E-state index contributed by atoms with van der Waals surface area (Å²) < 4.78 is 82.8. The van der Waals surface area contributed by atoms with Gasteiger partial charge in [-0.15, -0.1) is 0 Å². The number of carbonyl (C=O) groups excluding carboxylic acids is 1. The molecule has 0 unspecified atom stereocenters. The first kappa shape index (κ1) is 22.5. The number of hydrogen-bond donors (Lipinski definition) is 0. The Morgan fingerprint density at radius 2 is 1.69 bits per heavy atom. The number of rotatable bonds is 9. The van der Waals surface area contributed by atoms with Crippen LogP contribution in [0.15, 0.2) is 6.07 Å². The first-order valence-electron chi connectivity index (χ1n) is 7.67. The van der Waals surface area contributed by atoms with Crippen molar-refractivity contribution in [1.29, 1.82) is 0 Å². The third-order valence-electron chi connectivity index (χ3n) is 3.43. The zero-order chi connectivity index (χ0) is 20.1. The van der Waals surface area contributed by atoms with E-state index in [1.165, 1.54) is 14.2 Å². The highest BCUT2D eigenvalue weighted by Gasteiger charge is 2.39. The summed E-state index contributed by atoms with van der Waals surface area (Å²) in [6.07, 6.45) is -0.208. The molecule has 26 heavy (non-hydrogen) atoms. The average molecular weight is 401 g/mol. The molecule has 0 radical (unpaired) electrons. The second-order valence-electron chi connectivity index (χ2n) is 5.60. The van der Waals surface area contributed by atoms with E-state index in [9.17, 15) is 26.8 Å². The van der Waals surface area contributed by atoms with Crippen LogP contribution in [0.3, 0.4) is 0 Å².